The maximum Gasteiger partial charge on any atom is 0.256 e. The number of carbonyl (C=O) groups excluding carboxylic acids is 2. The first kappa shape index (κ1) is 18.4. The van der Waals surface area contributed by atoms with Gasteiger partial charge in [0.15, 0.2) is 0 Å². The zero-order valence-corrected chi connectivity index (χ0v) is 16.2. The van der Waals surface area contributed by atoms with Crippen molar-refractivity contribution in [3.8, 4) is 11.1 Å². The molecule has 2 aromatic rings. The Kier molecular flexibility index (Phi) is 4.77. The highest BCUT2D eigenvalue weighted by atomic mass is 16.5. The van der Waals surface area contributed by atoms with Gasteiger partial charge in [-0.1, -0.05) is 30.3 Å². The fraction of sp³-hybridized carbons (Fsp3) is 0.304. The van der Waals surface area contributed by atoms with Crippen LogP contribution in [0.1, 0.15) is 27.9 Å². The smallest absolute Gasteiger partial charge is 0.256 e. The van der Waals surface area contributed by atoms with E-state index < -0.39 is 6.04 Å². The lowest BCUT2D eigenvalue weighted by Crippen LogP contribution is -2.40. The van der Waals surface area contributed by atoms with Crippen LogP contribution < -0.4 is 5.32 Å². The van der Waals surface area contributed by atoms with E-state index in [0.29, 0.717) is 30.8 Å². The second-order valence-electron chi connectivity index (χ2n) is 7.45. The molecule has 2 unspecified atom stereocenters. The Bertz CT molecular complexity index is 966. The predicted molar refractivity (Wildman–Crippen MR) is 109 cm³/mol. The van der Waals surface area contributed by atoms with Gasteiger partial charge in [0.2, 0.25) is 5.91 Å². The van der Waals surface area contributed by atoms with Crippen LogP contribution in [-0.4, -0.2) is 42.0 Å². The highest BCUT2D eigenvalue weighted by Gasteiger charge is 2.43. The number of aryl methyl sites for hydroxylation is 1. The van der Waals surface area contributed by atoms with Crippen LogP contribution in [0.3, 0.4) is 0 Å². The summed E-state index contributed by atoms with van der Waals surface area (Å²) in [6.45, 7) is 8.64. The Morgan fingerprint density at radius 3 is 2.82 bits per heavy atom. The standard InChI is InChI=1S/C23H24N2O3/c1-4-10-28-17-12-21-22(26)24-20-9-8-16(11-19(20)23(27)25(21)13-17)18-7-5-6-14(2)15(18)3/h4-9,11,17,21H,1,10,12-13H2,2-3H3,(H,24,26). The molecule has 2 aliphatic heterocycles. The number of fused-ring (bicyclic) bond motifs is 2. The van der Waals surface area contributed by atoms with E-state index in [0.717, 1.165) is 11.1 Å². The molecule has 1 saturated heterocycles. The molecule has 5 nitrogen and oxygen atoms in total. The number of rotatable bonds is 4. The summed E-state index contributed by atoms with van der Waals surface area (Å²) in [6, 6.07) is 11.3. The highest BCUT2D eigenvalue weighted by molar-refractivity contribution is 6.10. The number of anilines is 1. The number of nitrogens with one attached hydrogen (secondary N) is 1. The van der Waals surface area contributed by atoms with Gasteiger partial charge in [0, 0.05) is 13.0 Å². The first-order valence-corrected chi connectivity index (χ1v) is 9.54. The van der Waals surface area contributed by atoms with Crippen molar-refractivity contribution in [1.29, 1.82) is 0 Å². The number of nitrogens with zero attached hydrogens (tertiary/aromatic N) is 1. The lowest BCUT2D eigenvalue weighted by Gasteiger charge is -2.20. The molecular formula is C23H24N2O3. The first-order valence-electron chi connectivity index (χ1n) is 9.54. The van der Waals surface area contributed by atoms with E-state index >= 15 is 0 Å². The number of hydrogen-bond donors (Lipinski definition) is 1. The third kappa shape index (κ3) is 3.12. The molecule has 2 aromatic carbocycles. The van der Waals surface area contributed by atoms with Gasteiger partial charge in [0.25, 0.3) is 5.91 Å². The Labute approximate surface area is 165 Å². The number of hydrogen-bond acceptors (Lipinski definition) is 3. The van der Waals surface area contributed by atoms with Gasteiger partial charge >= 0.3 is 0 Å². The van der Waals surface area contributed by atoms with Crippen molar-refractivity contribution in [2.45, 2.75) is 32.4 Å². The molecule has 0 radical (unpaired) electrons. The van der Waals surface area contributed by atoms with Gasteiger partial charge in [-0.15, -0.1) is 6.58 Å². The van der Waals surface area contributed by atoms with Crippen molar-refractivity contribution in [1.82, 2.24) is 4.90 Å². The predicted octanol–water partition coefficient (Wildman–Crippen LogP) is 3.71. The van der Waals surface area contributed by atoms with Gasteiger partial charge < -0.3 is 15.0 Å². The van der Waals surface area contributed by atoms with Gasteiger partial charge in [-0.2, -0.15) is 0 Å². The normalized spacial score (nSPS) is 21.0. The molecule has 0 spiro atoms. The van der Waals surface area contributed by atoms with Gasteiger partial charge in [0.05, 0.1) is 24.0 Å². The Morgan fingerprint density at radius 1 is 1.21 bits per heavy atom. The summed E-state index contributed by atoms with van der Waals surface area (Å²) in [6.07, 6.45) is 2.03. The van der Waals surface area contributed by atoms with Gasteiger partial charge in [-0.05, 0) is 48.2 Å². The van der Waals surface area contributed by atoms with Crippen LogP contribution in [-0.2, 0) is 9.53 Å². The van der Waals surface area contributed by atoms with E-state index in [-0.39, 0.29) is 17.9 Å². The molecule has 144 valence electrons. The molecule has 2 heterocycles. The molecule has 0 aromatic heterocycles. The lowest BCUT2D eigenvalue weighted by molar-refractivity contribution is -0.119. The van der Waals surface area contributed by atoms with Crippen LogP contribution in [0.5, 0.6) is 0 Å². The minimum absolute atomic E-state index is 0.129. The fourth-order valence-electron chi connectivity index (χ4n) is 4.03. The van der Waals surface area contributed by atoms with Crippen molar-refractivity contribution < 1.29 is 14.3 Å². The lowest BCUT2D eigenvalue weighted by atomic mass is 9.95. The van der Waals surface area contributed by atoms with Crippen molar-refractivity contribution in [2.24, 2.45) is 0 Å². The first-order chi connectivity index (χ1) is 13.5. The fourth-order valence-corrected chi connectivity index (χ4v) is 4.03. The van der Waals surface area contributed by atoms with E-state index in [1.807, 2.05) is 24.3 Å². The van der Waals surface area contributed by atoms with E-state index in [1.54, 1.807) is 11.0 Å². The summed E-state index contributed by atoms with van der Waals surface area (Å²) in [5.74, 6) is -0.286. The van der Waals surface area contributed by atoms with E-state index in [4.69, 9.17) is 4.74 Å². The summed E-state index contributed by atoms with van der Waals surface area (Å²) in [4.78, 5) is 27.6. The molecule has 1 fully saturated rings. The summed E-state index contributed by atoms with van der Waals surface area (Å²) in [7, 11) is 0. The van der Waals surface area contributed by atoms with E-state index in [9.17, 15) is 9.59 Å². The summed E-state index contributed by atoms with van der Waals surface area (Å²) in [5.41, 5.74) is 5.55. The zero-order valence-electron chi connectivity index (χ0n) is 16.2. The number of amides is 2. The van der Waals surface area contributed by atoms with Crippen LogP contribution in [0.2, 0.25) is 0 Å². The quantitative estimate of drug-likeness (QED) is 0.828. The largest absolute Gasteiger partial charge is 0.372 e. The molecule has 2 amide bonds. The monoisotopic (exact) mass is 376 g/mol. The summed E-state index contributed by atoms with van der Waals surface area (Å²) < 4.78 is 5.70. The third-order valence-corrected chi connectivity index (χ3v) is 5.70. The molecule has 28 heavy (non-hydrogen) atoms. The van der Waals surface area contributed by atoms with Crippen molar-refractivity contribution in [2.75, 3.05) is 18.5 Å². The van der Waals surface area contributed by atoms with Gasteiger partial charge in [-0.25, -0.2) is 0 Å². The molecule has 2 aliphatic rings. The second-order valence-corrected chi connectivity index (χ2v) is 7.45. The number of carbonyl (C=O) groups is 2. The van der Waals surface area contributed by atoms with E-state index in [1.165, 1.54) is 11.1 Å². The van der Waals surface area contributed by atoms with Crippen molar-refractivity contribution >= 4 is 17.5 Å². The summed E-state index contributed by atoms with van der Waals surface area (Å²) in [5, 5.41) is 2.93. The molecule has 0 aliphatic carbocycles. The zero-order chi connectivity index (χ0) is 19.8. The number of ether oxygens (including phenoxy) is 1. The average Bonchev–Trinajstić information content (AvgIpc) is 3.09. The molecule has 4 rings (SSSR count). The minimum Gasteiger partial charge on any atom is -0.372 e. The maximum atomic E-state index is 13.3. The average molecular weight is 376 g/mol. The maximum absolute atomic E-state index is 13.3. The van der Waals surface area contributed by atoms with Crippen LogP contribution in [0.25, 0.3) is 11.1 Å². The molecular weight excluding hydrogens is 352 g/mol. The Morgan fingerprint density at radius 2 is 2.04 bits per heavy atom. The van der Waals surface area contributed by atoms with Crippen molar-refractivity contribution in [3.63, 3.8) is 0 Å². The molecule has 2 atom stereocenters. The topological polar surface area (TPSA) is 58.6 Å². The van der Waals surface area contributed by atoms with Crippen molar-refractivity contribution in [3.05, 3.63) is 65.7 Å². The van der Waals surface area contributed by atoms with Crippen LogP contribution in [0.4, 0.5) is 5.69 Å². The Hall–Kier alpha value is -2.92. The van der Waals surface area contributed by atoms with Gasteiger partial charge in [-0.3, -0.25) is 9.59 Å². The molecule has 0 bridgehead atoms. The van der Waals surface area contributed by atoms with Crippen LogP contribution >= 0.6 is 0 Å². The SMILES string of the molecule is C=CCOC1CC2C(=O)Nc3ccc(-c4cccc(C)c4C)cc3C(=O)N2C1. The third-order valence-electron chi connectivity index (χ3n) is 5.70. The highest BCUT2D eigenvalue weighted by Crippen LogP contribution is 2.34. The molecule has 1 N–H and O–H groups in total. The molecule has 0 saturated carbocycles. The van der Waals surface area contributed by atoms with Crippen LogP contribution in [0.15, 0.2) is 49.1 Å². The second kappa shape index (κ2) is 7.24. The minimum atomic E-state index is -0.501. The van der Waals surface area contributed by atoms with E-state index in [2.05, 4.69) is 37.9 Å². The summed E-state index contributed by atoms with van der Waals surface area (Å²) >= 11 is 0. The van der Waals surface area contributed by atoms with Crippen LogP contribution in [0, 0.1) is 13.8 Å². The van der Waals surface area contributed by atoms with Gasteiger partial charge in [0.1, 0.15) is 6.04 Å². The Balaban J connectivity index is 1.71. The number of benzene rings is 2. The molecule has 5 heteroatoms.